The van der Waals surface area contributed by atoms with Crippen LogP contribution >= 0.6 is 23.6 Å². The molecule has 75 heavy (non-hydrogen) atoms. The number of thiazole rings is 1. The third-order valence-corrected chi connectivity index (χ3v) is 14.5. The van der Waals surface area contributed by atoms with Gasteiger partial charge in [-0.2, -0.15) is 18.4 Å². The highest BCUT2D eigenvalue weighted by Gasteiger charge is 2.51. The highest BCUT2D eigenvalue weighted by molar-refractivity contribution is 7.81. The summed E-state index contributed by atoms with van der Waals surface area (Å²) in [4.78, 5) is 105. The number of aryl methyl sites for hydroxylation is 1. The quantitative estimate of drug-likeness (QED) is 0.104. The van der Waals surface area contributed by atoms with Crippen molar-refractivity contribution >= 4 is 81.3 Å². The summed E-state index contributed by atoms with van der Waals surface area (Å²) >= 11 is 7.13. The topological polar surface area (TPSA) is 226 Å². The second-order valence-corrected chi connectivity index (χ2v) is 20.6. The van der Waals surface area contributed by atoms with Crippen LogP contribution in [0.1, 0.15) is 62.9 Å². The van der Waals surface area contributed by atoms with Gasteiger partial charge in [-0.25, -0.2) is 4.98 Å². The second kappa shape index (κ2) is 23.5. The summed E-state index contributed by atoms with van der Waals surface area (Å²) in [5.74, 6) is -5.73. The molecule has 3 N–H and O–H groups in total. The fourth-order valence-corrected chi connectivity index (χ4v) is 10.2. The molecule has 1 aliphatic heterocycles. The van der Waals surface area contributed by atoms with Crippen molar-refractivity contribution in [1.82, 2.24) is 30.3 Å². The van der Waals surface area contributed by atoms with Crippen LogP contribution in [0.2, 0.25) is 0 Å². The Bertz CT molecular complexity index is 2890. The van der Waals surface area contributed by atoms with E-state index in [0.29, 0.717) is 11.8 Å². The van der Waals surface area contributed by atoms with E-state index in [1.165, 1.54) is 61.6 Å². The fourth-order valence-electron chi connectivity index (χ4n) is 8.84. The van der Waals surface area contributed by atoms with E-state index < -0.39 is 114 Å². The van der Waals surface area contributed by atoms with E-state index >= 15 is 0 Å². The molecule has 23 heteroatoms. The molecule has 0 bridgehead atoms. The zero-order chi connectivity index (χ0) is 55.3. The number of carbonyl (C=O) groups excluding carboxylic acids is 7. The van der Waals surface area contributed by atoms with Crippen LogP contribution in [0.4, 0.5) is 24.5 Å². The van der Waals surface area contributed by atoms with Crippen molar-refractivity contribution in [2.24, 2.45) is 17.8 Å². The number of nitrogens with zero attached hydrogens (tertiary/aromatic N) is 7. The van der Waals surface area contributed by atoms with E-state index in [9.17, 15) is 57.1 Å². The van der Waals surface area contributed by atoms with Crippen LogP contribution < -0.4 is 25.2 Å². The van der Waals surface area contributed by atoms with E-state index in [1.807, 2.05) is 31.2 Å². The first-order valence-corrected chi connectivity index (χ1v) is 25.0. The zero-order valence-electron chi connectivity index (χ0n) is 42.6. The van der Waals surface area contributed by atoms with Gasteiger partial charge in [0.1, 0.15) is 11.3 Å². The molecule has 0 radical (unpaired) electrons. The molecule has 2 heterocycles. The van der Waals surface area contributed by atoms with Crippen LogP contribution in [0.5, 0.6) is 5.75 Å². The molecule has 6 rings (SSSR count). The lowest BCUT2D eigenvalue weighted by Gasteiger charge is -2.29. The largest absolute Gasteiger partial charge is 0.484 e. The molecule has 18 nitrogen and oxygen atoms in total. The molecular formula is C52H58F3N9O9S2. The first-order chi connectivity index (χ1) is 35.2. The molecule has 1 aliphatic carbocycles. The minimum Gasteiger partial charge on any atom is -0.484 e. The molecule has 6 amide bonds. The Hall–Kier alpha value is -7.29. The molecule has 398 valence electrons. The van der Waals surface area contributed by atoms with Crippen LogP contribution in [-0.4, -0.2) is 136 Å². The average molecular weight is 1070 g/mol. The van der Waals surface area contributed by atoms with Gasteiger partial charge in [-0.15, -0.1) is 11.3 Å². The van der Waals surface area contributed by atoms with Crippen molar-refractivity contribution in [3.8, 4) is 22.3 Å². The van der Waals surface area contributed by atoms with Crippen molar-refractivity contribution < 1.29 is 56.6 Å². The molecule has 2 unspecified atom stereocenters. The molecule has 1 aromatic heterocycles. The predicted molar refractivity (Wildman–Crippen MR) is 276 cm³/mol. The number of benzene rings is 3. The maximum atomic E-state index is 14.0. The minimum absolute atomic E-state index is 0.0482. The number of hydrogen-bond acceptors (Lipinski definition) is 13. The molecule has 2 fully saturated rings. The van der Waals surface area contributed by atoms with Gasteiger partial charge in [0.25, 0.3) is 11.8 Å². The van der Waals surface area contributed by atoms with Gasteiger partial charge in [0.15, 0.2) is 17.5 Å². The minimum atomic E-state index is -4.86. The van der Waals surface area contributed by atoms with E-state index in [-0.39, 0.29) is 41.8 Å². The summed E-state index contributed by atoms with van der Waals surface area (Å²) in [7, 11) is 4.07. The van der Waals surface area contributed by atoms with E-state index in [4.69, 9.17) is 17.0 Å². The molecule has 1 saturated heterocycles. The lowest BCUT2D eigenvalue weighted by atomic mass is 9.84. The van der Waals surface area contributed by atoms with Crippen LogP contribution in [0, 0.1) is 36.0 Å². The van der Waals surface area contributed by atoms with E-state index in [1.54, 1.807) is 45.3 Å². The number of alkyl halides is 3. The third-order valence-electron chi connectivity index (χ3n) is 13.2. The zero-order valence-corrected chi connectivity index (χ0v) is 44.2. The van der Waals surface area contributed by atoms with Crippen molar-refractivity contribution in [3.63, 3.8) is 0 Å². The van der Waals surface area contributed by atoms with Crippen LogP contribution in [0.15, 0.2) is 72.2 Å². The number of thiocarbonyl (C=S) groups is 1. The Balaban J connectivity index is 0.951. The molecule has 0 spiro atoms. The molecule has 3 aromatic carbocycles. The summed E-state index contributed by atoms with van der Waals surface area (Å²) in [5, 5.41) is 25.3. The fraction of sp³-hybridized carbons (Fsp3) is 0.423. The molecule has 2 aliphatic rings. The van der Waals surface area contributed by atoms with E-state index in [0.717, 1.165) is 47.4 Å². The Morgan fingerprint density at radius 1 is 0.907 bits per heavy atom. The number of Topliss-reactive ketones (excluding diaryl/α,β-unsaturated/α-hetero) is 1. The van der Waals surface area contributed by atoms with Gasteiger partial charge in [0.05, 0.1) is 76.7 Å². The molecule has 4 aromatic rings. The Labute approximate surface area is 441 Å². The number of ether oxygens (including phenoxy) is 1. The normalized spacial score (nSPS) is 17.6. The number of rotatable bonds is 19. The number of aliphatic hydroxyl groups excluding tert-OH is 1. The summed E-state index contributed by atoms with van der Waals surface area (Å²) in [6.45, 7) is 6.87. The summed E-state index contributed by atoms with van der Waals surface area (Å²) < 4.78 is 46.9. The first-order valence-electron chi connectivity index (χ1n) is 23.8. The molecular weight excluding hydrogens is 1020 g/mol. The number of ketones is 1. The summed E-state index contributed by atoms with van der Waals surface area (Å²) in [6.07, 6.45) is -5.62. The van der Waals surface area contributed by atoms with Gasteiger partial charge in [-0.1, -0.05) is 38.1 Å². The predicted octanol–water partition coefficient (Wildman–Crippen LogP) is 5.09. The maximum Gasteiger partial charge on any atom is 0.417 e. The van der Waals surface area contributed by atoms with Crippen molar-refractivity contribution in [1.29, 1.82) is 5.26 Å². The van der Waals surface area contributed by atoms with Crippen LogP contribution in [-0.2, 0) is 46.3 Å². The van der Waals surface area contributed by atoms with Crippen LogP contribution in [0.25, 0.3) is 10.4 Å². The van der Waals surface area contributed by atoms with Crippen LogP contribution in [0.3, 0.4) is 0 Å². The van der Waals surface area contributed by atoms with Gasteiger partial charge in [-0.3, -0.25) is 38.5 Å². The summed E-state index contributed by atoms with van der Waals surface area (Å²) in [6, 6.07) is 17.2. The lowest BCUT2D eigenvalue weighted by molar-refractivity contribution is -0.143. The number of aromatic nitrogens is 1. The Morgan fingerprint density at radius 2 is 1.49 bits per heavy atom. The van der Waals surface area contributed by atoms with Crippen molar-refractivity contribution in [2.75, 3.05) is 57.2 Å². The third kappa shape index (κ3) is 13.2. The Kier molecular flexibility index (Phi) is 17.9. The van der Waals surface area contributed by atoms with Gasteiger partial charge < -0.3 is 40.1 Å². The SMILES string of the molecule is Cc1ncsc1-c1ccc(CNC(=O)C2C[C@@H](O)CC2C(=O)[C@@H](NC(=O)CN(C)C(=O)CN(C)C(=O)CN(C)C(=O)COc2ccc(N3C(=S)N(c4ccc(C#N)c(C(F)(F)F)c4)C(=O)C3(C)C)cc2)C(C)C)cc1. The maximum absolute atomic E-state index is 14.0. The van der Waals surface area contributed by atoms with Gasteiger partial charge >= 0.3 is 6.18 Å². The number of nitriles is 1. The highest BCUT2D eigenvalue weighted by atomic mass is 32.1. The number of hydrogen-bond donors (Lipinski definition) is 3. The lowest BCUT2D eigenvalue weighted by Crippen LogP contribution is -2.52. The number of nitrogens with one attached hydrogen (secondary N) is 2. The second-order valence-electron chi connectivity index (χ2n) is 19.4. The number of amides is 6. The van der Waals surface area contributed by atoms with Gasteiger partial charge in [0.2, 0.25) is 23.6 Å². The summed E-state index contributed by atoms with van der Waals surface area (Å²) in [5.41, 5.74) is 1.63. The number of halogens is 3. The number of anilines is 2. The molecule has 1 saturated carbocycles. The Morgan fingerprint density at radius 3 is 2.07 bits per heavy atom. The number of likely N-dealkylation sites (N-methyl/N-ethyl adjacent to an activating group) is 3. The highest BCUT2D eigenvalue weighted by Crippen LogP contribution is 2.40. The number of carbonyl (C=O) groups is 7. The first kappa shape index (κ1) is 57.0. The average Bonchev–Trinajstić information content (AvgIpc) is 4.03. The standard InChI is InChI=1S/C52H58F3N9O9S2/c1-29(2)45(46(70)38-20-36(65)21-39(38)48(71)57-23-31-9-11-32(12-10-31)47-30(3)58-28-75-47)59-41(66)24-60(6)42(67)25-61(7)43(68)26-62(8)44(69)27-73-37-17-15-34(16-18-37)64-50(74)63(49(72)51(64,4)5)35-14-13-33(22-56)40(19-35)52(53,54)55/h9-19,28-29,36,38-39,45,65H,20-21,23-27H2,1-8H3,(H,57,71)(H,59,66)/t36-,38?,39?,45-/m0/s1. The molecule has 4 atom stereocenters. The van der Waals surface area contributed by atoms with Crippen molar-refractivity contribution in [3.05, 3.63) is 94.6 Å². The van der Waals surface area contributed by atoms with Gasteiger partial charge in [-0.05, 0) is 105 Å². The number of aliphatic hydroxyl groups is 1. The van der Waals surface area contributed by atoms with Crippen molar-refractivity contribution in [2.45, 2.75) is 77.9 Å². The smallest absolute Gasteiger partial charge is 0.417 e. The van der Waals surface area contributed by atoms with Gasteiger partial charge in [0, 0.05) is 39.3 Å². The monoisotopic (exact) mass is 1070 g/mol. The van der Waals surface area contributed by atoms with E-state index in [2.05, 4.69) is 15.6 Å².